The van der Waals surface area contributed by atoms with Crippen LogP contribution >= 0.6 is 0 Å². The number of benzene rings is 12. The molecule has 0 unspecified atom stereocenters. The van der Waals surface area contributed by atoms with Crippen LogP contribution in [0.4, 0.5) is 17.1 Å². The largest absolute Gasteiger partial charge is 0.310 e. The zero-order chi connectivity index (χ0) is 45.3. The molecular formula is C67H47N. The van der Waals surface area contributed by atoms with Gasteiger partial charge in [0, 0.05) is 22.5 Å². The minimum Gasteiger partial charge on any atom is -0.310 e. The second kappa shape index (κ2) is 15.8. The Morgan fingerprint density at radius 1 is 0.279 bits per heavy atom. The van der Waals surface area contributed by atoms with Crippen molar-refractivity contribution in [2.45, 2.75) is 19.3 Å². The monoisotopic (exact) mass is 865 g/mol. The summed E-state index contributed by atoms with van der Waals surface area (Å²) in [5.41, 5.74) is 18.3. The first-order chi connectivity index (χ1) is 33.5. The van der Waals surface area contributed by atoms with Crippen LogP contribution in [-0.2, 0) is 5.41 Å². The molecule has 0 N–H and O–H groups in total. The quantitative estimate of drug-likeness (QED) is 0.144. The minimum atomic E-state index is -0.155. The average molecular weight is 866 g/mol. The summed E-state index contributed by atoms with van der Waals surface area (Å²) in [7, 11) is 0. The summed E-state index contributed by atoms with van der Waals surface area (Å²) in [6.45, 7) is 4.75. The molecule has 0 spiro atoms. The number of anilines is 3. The second-order valence-electron chi connectivity index (χ2n) is 18.8. The lowest BCUT2D eigenvalue weighted by Gasteiger charge is -2.29. The number of nitrogens with zero attached hydrogens (tertiary/aromatic N) is 1. The molecule has 0 fully saturated rings. The molecule has 0 saturated carbocycles. The summed E-state index contributed by atoms with van der Waals surface area (Å²) in [5.74, 6) is 0. The SMILES string of the molecule is CC1(C)c2ccccc2-c2ccc(N(c3cccc(-c4cccc5ccccc45)c3)c3ccc4c(c3)c3ccccc3c3c(-c5ccccc5)cc(-c5ccccc5)c(-c5ccccc5)c43)cc21. The van der Waals surface area contributed by atoms with E-state index >= 15 is 0 Å². The fourth-order valence-corrected chi connectivity index (χ4v) is 11.4. The van der Waals surface area contributed by atoms with Crippen LogP contribution in [-0.4, -0.2) is 0 Å². The van der Waals surface area contributed by atoms with Gasteiger partial charge in [-0.1, -0.05) is 220 Å². The van der Waals surface area contributed by atoms with Crippen molar-refractivity contribution in [2.75, 3.05) is 4.90 Å². The molecule has 0 bridgehead atoms. The molecule has 1 aliphatic carbocycles. The maximum absolute atomic E-state index is 2.49. The van der Waals surface area contributed by atoms with E-state index < -0.39 is 0 Å². The van der Waals surface area contributed by atoms with E-state index in [1.54, 1.807) is 0 Å². The number of hydrogen-bond donors (Lipinski definition) is 0. The fourth-order valence-electron chi connectivity index (χ4n) is 11.4. The van der Waals surface area contributed by atoms with Crippen molar-refractivity contribution in [2.24, 2.45) is 0 Å². The van der Waals surface area contributed by atoms with E-state index in [0.29, 0.717) is 0 Å². The van der Waals surface area contributed by atoms with E-state index in [9.17, 15) is 0 Å². The normalized spacial score (nSPS) is 12.7. The van der Waals surface area contributed by atoms with E-state index in [0.717, 1.165) is 17.1 Å². The second-order valence-corrected chi connectivity index (χ2v) is 18.8. The van der Waals surface area contributed by atoms with Crippen LogP contribution in [0.1, 0.15) is 25.0 Å². The van der Waals surface area contributed by atoms with Crippen LogP contribution in [0.15, 0.2) is 249 Å². The number of hydrogen-bond acceptors (Lipinski definition) is 1. The van der Waals surface area contributed by atoms with E-state index in [1.807, 2.05) is 0 Å². The summed E-state index contributed by atoms with van der Waals surface area (Å²) < 4.78 is 0. The van der Waals surface area contributed by atoms with Gasteiger partial charge >= 0.3 is 0 Å². The molecule has 0 heterocycles. The topological polar surface area (TPSA) is 3.24 Å². The maximum atomic E-state index is 2.49. The predicted octanol–water partition coefficient (Wildman–Crippen LogP) is 18.7. The van der Waals surface area contributed by atoms with Crippen LogP contribution in [0, 0.1) is 0 Å². The molecule has 320 valence electrons. The van der Waals surface area contributed by atoms with Gasteiger partial charge in [-0.25, -0.2) is 0 Å². The van der Waals surface area contributed by atoms with E-state index in [-0.39, 0.29) is 5.41 Å². The summed E-state index contributed by atoms with van der Waals surface area (Å²) >= 11 is 0. The van der Waals surface area contributed by atoms with Crippen molar-refractivity contribution >= 4 is 60.2 Å². The Kier molecular flexibility index (Phi) is 9.27. The lowest BCUT2D eigenvalue weighted by atomic mass is 9.81. The fraction of sp³-hybridized carbons (Fsp3) is 0.0448. The summed E-state index contributed by atoms with van der Waals surface area (Å²) in [5, 5.41) is 9.94. The molecule has 12 aromatic carbocycles. The molecule has 68 heavy (non-hydrogen) atoms. The molecule has 0 radical (unpaired) electrons. The third-order valence-electron chi connectivity index (χ3n) is 14.6. The lowest BCUT2D eigenvalue weighted by Crippen LogP contribution is -2.16. The van der Waals surface area contributed by atoms with Gasteiger partial charge in [-0.2, -0.15) is 0 Å². The van der Waals surface area contributed by atoms with Gasteiger partial charge in [0.1, 0.15) is 0 Å². The molecule has 0 saturated heterocycles. The highest BCUT2D eigenvalue weighted by Gasteiger charge is 2.36. The van der Waals surface area contributed by atoms with Crippen LogP contribution in [0.2, 0.25) is 0 Å². The van der Waals surface area contributed by atoms with Crippen LogP contribution in [0.25, 0.3) is 98.7 Å². The molecule has 0 aromatic heterocycles. The highest BCUT2D eigenvalue weighted by Crippen LogP contribution is 2.53. The minimum absolute atomic E-state index is 0.155. The zero-order valence-corrected chi connectivity index (χ0v) is 38.1. The van der Waals surface area contributed by atoms with E-state index in [1.165, 1.54) is 110 Å². The Hall–Kier alpha value is -8.52. The van der Waals surface area contributed by atoms with Crippen LogP contribution in [0.3, 0.4) is 0 Å². The van der Waals surface area contributed by atoms with Crippen molar-refractivity contribution in [3.05, 3.63) is 260 Å². The zero-order valence-electron chi connectivity index (χ0n) is 38.1. The summed E-state index contributed by atoms with van der Waals surface area (Å²) in [6.07, 6.45) is 0. The first kappa shape index (κ1) is 39.8. The standard InChI is InChI=1S/C67H47N/c1-67(2)62-35-17-16-32-55(62)56-38-36-51(42-63(56)67)68(49-29-18-28-48(40-49)53-34-19-27-44-24-12-13-30-52(44)53)50-37-39-58-61(41-50)54-31-14-15-33-57(54)65-60(46-22-8-4-9-23-46)43-59(45-20-6-3-7-21-45)64(66(58)65)47-25-10-5-11-26-47/h3-43H,1-2H3. The highest BCUT2D eigenvalue weighted by atomic mass is 15.1. The summed E-state index contributed by atoms with van der Waals surface area (Å²) in [6, 6.07) is 92.2. The van der Waals surface area contributed by atoms with Crippen molar-refractivity contribution in [1.82, 2.24) is 0 Å². The van der Waals surface area contributed by atoms with Crippen molar-refractivity contribution in [3.63, 3.8) is 0 Å². The summed E-state index contributed by atoms with van der Waals surface area (Å²) in [4.78, 5) is 2.49. The van der Waals surface area contributed by atoms with E-state index in [4.69, 9.17) is 0 Å². The molecule has 1 aliphatic rings. The first-order valence-corrected chi connectivity index (χ1v) is 23.8. The first-order valence-electron chi connectivity index (χ1n) is 23.8. The third-order valence-corrected chi connectivity index (χ3v) is 14.6. The van der Waals surface area contributed by atoms with Crippen molar-refractivity contribution in [1.29, 1.82) is 0 Å². The molecule has 13 rings (SSSR count). The van der Waals surface area contributed by atoms with Crippen LogP contribution < -0.4 is 4.90 Å². The molecule has 0 aliphatic heterocycles. The smallest absolute Gasteiger partial charge is 0.0468 e. The Balaban J connectivity index is 1.12. The lowest BCUT2D eigenvalue weighted by molar-refractivity contribution is 0.660. The molecule has 0 amide bonds. The Bertz CT molecular complexity index is 3920. The van der Waals surface area contributed by atoms with Crippen LogP contribution in [0.5, 0.6) is 0 Å². The average Bonchev–Trinajstić information content (AvgIpc) is 3.63. The van der Waals surface area contributed by atoms with Gasteiger partial charge in [-0.15, -0.1) is 0 Å². The number of fused-ring (bicyclic) bond motifs is 10. The molecule has 1 nitrogen and oxygen atoms in total. The Morgan fingerprint density at radius 2 is 0.809 bits per heavy atom. The van der Waals surface area contributed by atoms with Gasteiger partial charge in [-0.05, 0) is 152 Å². The van der Waals surface area contributed by atoms with Gasteiger partial charge in [0.15, 0.2) is 0 Å². The van der Waals surface area contributed by atoms with Gasteiger partial charge in [0.25, 0.3) is 0 Å². The highest BCUT2D eigenvalue weighted by molar-refractivity contribution is 6.33. The van der Waals surface area contributed by atoms with Gasteiger partial charge in [0.2, 0.25) is 0 Å². The van der Waals surface area contributed by atoms with E-state index in [2.05, 4.69) is 267 Å². The van der Waals surface area contributed by atoms with Crippen molar-refractivity contribution in [3.8, 4) is 55.6 Å². The van der Waals surface area contributed by atoms with Gasteiger partial charge < -0.3 is 4.90 Å². The predicted molar refractivity (Wildman–Crippen MR) is 290 cm³/mol. The van der Waals surface area contributed by atoms with Crippen molar-refractivity contribution < 1.29 is 0 Å². The van der Waals surface area contributed by atoms with Gasteiger partial charge in [-0.3, -0.25) is 0 Å². The Labute approximate surface area is 397 Å². The third kappa shape index (κ3) is 6.31. The maximum Gasteiger partial charge on any atom is 0.0468 e. The molecule has 1 heteroatoms. The van der Waals surface area contributed by atoms with Gasteiger partial charge in [0.05, 0.1) is 0 Å². The number of rotatable bonds is 7. The Morgan fingerprint density at radius 3 is 1.59 bits per heavy atom. The molecule has 0 atom stereocenters. The molecular weight excluding hydrogens is 819 g/mol. The molecule has 12 aromatic rings.